The number of carbonyl (C=O) groups excluding carboxylic acids is 1. The molecule has 4 rings (SSSR count). The van der Waals surface area contributed by atoms with Gasteiger partial charge in [0, 0.05) is 18.1 Å². The van der Waals surface area contributed by atoms with Crippen LogP contribution >= 0.6 is 0 Å². The third kappa shape index (κ3) is 4.99. The first kappa shape index (κ1) is 21.6. The maximum absolute atomic E-state index is 13.6. The summed E-state index contributed by atoms with van der Waals surface area (Å²) >= 11 is 0. The minimum Gasteiger partial charge on any atom is -0.497 e. The second kappa shape index (κ2) is 9.66. The fourth-order valence-corrected chi connectivity index (χ4v) is 4.67. The van der Waals surface area contributed by atoms with Crippen LogP contribution in [0.5, 0.6) is 11.5 Å². The molecule has 4 atom stereocenters. The van der Waals surface area contributed by atoms with Crippen molar-refractivity contribution in [1.29, 1.82) is 0 Å². The average molecular weight is 429 g/mol. The standard InChI is InChI=1S/C24H29FN2O4/c1-30-18-9-5-7-16(13-18)24(29)26-20-15-21(31-19-10-6-8-17(25)14-19)23(28)22(20)27-11-3-2-4-12-27/h5-10,13-14,20-23,28H,2-4,11-12,15H2,1H3,(H,26,29)/t20-,21-,22+,23+/m1/s1. The molecule has 0 bridgehead atoms. The van der Waals surface area contributed by atoms with E-state index in [2.05, 4.69) is 10.2 Å². The Hall–Kier alpha value is -2.64. The number of rotatable bonds is 6. The van der Waals surface area contributed by atoms with Gasteiger partial charge in [-0.1, -0.05) is 18.6 Å². The number of methoxy groups -OCH3 is 1. The molecule has 2 aromatic rings. The zero-order valence-corrected chi connectivity index (χ0v) is 17.7. The van der Waals surface area contributed by atoms with Gasteiger partial charge in [-0.05, 0) is 56.3 Å². The van der Waals surface area contributed by atoms with Crippen LogP contribution in [-0.4, -0.2) is 60.4 Å². The Bertz CT molecular complexity index is 903. The van der Waals surface area contributed by atoms with Crippen LogP contribution in [0.4, 0.5) is 4.39 Å². The Morgan fingerprint density at radius 2 is 1.84 bits per heavy atom. The maximum Gasteiger partial charge on any atom is 0.251 e. The van der Waals surface area contributed by atoms with Crippen molar-refractivity contribution in [2.75, 3.05) is 20.2 Å². The zero-order valence-electron chi connectivity index (χ0n) is 17.7. The summed E-state index contributed by atoms with van der Waals surface area (Å²) in [7, 11) is 1.56. The van der Waals surface area contributed by atoms with Gasteiger partial charge in [0.25, 0.3) is 5.91 Å². The summed E-state index contributed by atoms with van der Waals surface area (Å²) < 4.78 is 24.8. The minimum atomic E-state index is -0.794. The van der Waals surface area contributed by atoms with E-state index in [1.165, 1.54) is 18.6 Å². The van der Waals surface area contributed by atoms with Crippen LogP contribution in [0.25, 0.3) is 0 Å². The molecule has 1 saturated heterocycles. The van der Waals surface area contributed by atoms with Gasteiger partial charge in [-0.2, -0.15) is 0 Å². The second-order valence-corrected chi connectivity index (χ2v) is 8.24. The molecule has 0 spiro atoms. The maximum atomic E-state index is 13.6. The van der Waals surface area contributed by atoms with E-state index in [1.807, 2.05) is 0 Å². The Kier molecular flexibility index (Phi) is 6.73. The first-order valence-electron chi connectivity index (χ1n) is 10.8. The van der Waals surface area contributed by atoms with Gasteiger partial charge >= 0.3 is 0 Å². The van der Waals surface area contributed by atoms with Gasteiger partial charge < -0.3 is 19.9 Å². The normalized spacial score (nSPS) is 26.4. The number of piperidine rings is 1. The topological polar surface area (TPSA) is 71.0 Å². The van der Waals surface area contributed by atoms with Crippen molar-refractivity contribution in [3.63, 3.8) is 0 Å². The molecule has 0 radical (unpaired) electrons. The van der Waals surface area contributed by atoms with Crippen molar-refractivity contribution in [2.45, 2.75) is 50.0 Å². The fraction of sp³-hybridized carbons (Fsp3) is 0.458. The van der Waals surface area contributed by atoms with Crippen molar-refractivity contribution in [3.8, 4) is 11.5 Å². The highest BCUT2D eigenvalue weighted by atomic mass is 19.1. The molecule has 166 valence electrons. The Morgan fingerprint density at radius 1 is 1.10 bits per heavy atom. The predicted molar refractivity (Wildman–Crippen MR) is 115 cm³/mol. The lowest BCUT2D eigenvalue weighted by Gasteiger charge is -2.37. The first-order valence-corrected chi connectivity index (χ1v) is 10.8. The summed E-state index contributed by atoms with van der Waals surface area (Å²) in [5.41, 5.74) is 0.501. The monoisotopic (exact) mass is 428 g/mol. The number of nitrogens with zero attached hydrogens (tertiary/aromatic N) is 1. The van der Waals surface area contributed by atoms with E-state index in [9.17, 15) is 14.3 Å². The number of carbonyl (C=O) groups is 1. The number of nitrogens with one attached hydrogen (secondary N) is 1. The third-order valence-electron chi connectivity index (χ3n) is 6.17. The highest BCUT2D eigenvalue weighted by Crippen LogP contribution is 2.31. The van der Waals surface area contributed by atoms with Crippen molar-refractivity contribution in [3.05, 3.63) is 59.9 Å². The van der Waals surface area contributed by atoms with Gasteiger partial charge in [-0.15, -0.1) is 0 Å². The number of benzene rings is 2. The molecule has 1 aliphatic carbocycles. The largest absolute Gasteiger partial charge is 0.497 e. The number of likely N-dealkylation sites (tertiary alicyclic amines) is 1. The van der Waals surface area contributed by atoms with E-state index >= 15 is 0 Å². The number of amides is 1. The lowest BCUT2D eigenvalue weighted by atomic mass is 10.0. The highest BCUT2D eigenvalue weighted by molar-refractivity contribution is 5.94. The molecule has 2 aliphatic rings. The number of hydrogen-bond acceptors (Lipinski definition) is 5. The summed E-state index contributed by atoms with van der Waals surface area (Å²) in [5.74, 6) is 0.380. The van der Waals surface area contributed by atoms with Crippen molar-refractivity contribution < 1.29 is 23.8 Å². The molecule has 0 unspecified atom stereocenters. The lowest BCUT2D eigenvalue weighted by Crippen LogP contribution is -2.54. The van der Waals surface area contributed by atoms with Crippen LogP contribution in [0.15, 0.2) is 48.5 Å². The SMILES string of the molecule is COc1cccc(C(=O)N[C@@H]2C[C@@H](Oc3cccc(F)c3)[C@H](O)[C@H]2N2CCCCC2)c1. The molecule has 2 aromatic carbocycles. The fourth-order valence-electron chi connectivity index (χ4n) is 4.67. The van der Waals surface area contributed by atoms with Gasteiger partial charge in [0.2, 0.25) is 0 Å². The van der Waals surface area contributed by atoms with E-state index in [0.717, 1.165) is 25.9 Å². The summed E-state index contributed by atoms with van der Waals surface area (Å²) in [6, 6.07) is 12.4. The van der Waals surface area contributed by atoms with Gasteiger partial charge in [0.1, 0.15) is 29.5 Å². The molecule has 6 nitrogen and oxygen atoms in total. The van der Waals surface area contributed by atoms with E-state index < -0.39 is 12.2 Å². The van der Waals surface area contributed by atoms with Crippen LogP contribution in [0.1, 0.15) is 36.0 Å². The average Bonchev–Trinajstić information content (AvgIpc) is 3.08. The van der Waals surface area contributed by atoms with E-state index in [-0.39, 0.29) is 23.8 Å². The Labute approximate surface area is 182 Å². The van der Waals surface area contributed by atoms with Gasteiger partial charge in [-0.3, -0.25) is 9.69 Å². The number of aliphatic hydroxyl groups excluding tert-OH is 1. The molecular weight excluding hydrogens is 399 g/mol. The smallest absolute Gasteiger partial charge is 0.251 e. The quantitative estimate of drug-likeness (QED) is 0.740. The molecule has 1 heterocycles. The number of ether oxygens (including phenoxy) is 2. The van der Waals surface area contributed by atoms with Gasteiger partial charge in [0.15, 0.2) is 0 Å². The number of aliphatic hydroxyl groups is 1. The van der Waals surface area contributed by atoms with Crippen LogP contribution in [0.3, 0.4) is 0 Å². The molecule has 7 heteroatoms. The zero-order chi connectivity index (χ0) is 21.8. The molecule has 0 aromatic heterocycles. The van der Waals surface area contributed by atoms with E-state index in [0.29, 0.717) is 23.5 Å². The molecule has 1 saturated carbocycles. The summed E-state index contributed by atoms with van der Waals surface area (Å²) in [6.07, 6.45) is 2.41. The van der Waals surface area contributed by atoms with Crippen LogP contribution in [-0.2, 0) is 0 Å². The number of hydrogen-bond donors (Lipinski definition) is 2. The van der Waals surface area contributed by atoms with Crippen molar-refractivity contribution >= 4 is 5.91 Å². The predicted octanol–water partition coefficient (Wildman–Crippen LogP) is 3.00. The minimum absolute atomic E-state index is 0.218. The Morgan fingerprint density at radius 3 is 2.58 bits per heavy atom. The van der Waals surface area contributed by atoms with Crippen LogP contribution in [0.2, 0.25) is 0 Å². The highest BCUT2D eigenvalue weighted by Gasteiger charge is 2.47. The van der Waals surface area contributed by atoms with Gasteiger partial charge in [-0.25, -0.2) is 4.39 Å². The summed E-state index contributed by atoms with van der Waals surface area (Å²) in [6.45, 7) is 1.75. The second-order valence-electron chi connectivity index (χ2n) is 8.24. The van der Waals surface area contributed by atoms with Crippen LogP contribution < -0.4 is 14.8 Å². The van der Waals surface area contributed by atoms with Crippen LogP contribution in [0, 0.1) is 5.82 Å². The number of halogens is 1. The molecule has 1 aliphatic heterocycles. The molecular formula is C24H29FN2O4. The van der Waals surface area contributed by atoms with Crippen molar-refractivity contribution in [2.24, 2.45) is 0 Å². The van der Waals surface area contributed by atoms with E-state index in [1.54, 1.807) is 43.5 Å². The first-order chi connectivity index (χ1) is 15.0. The van der Waals surface area contributed by atoms with Gasteiger partial charge in [0.05, 0.1) is 19.2 Å². The Balaban J connectivity index is 1.53. The third-order valence-corrected chi connectivity index (χ3v) is 6.17. The summed E-state index contributed by atoms with van der Waals surface area (Å²) in [4.78, 5) is 15.2. The molecule has 31 heavy (non-hydrogen) atoms. The van der Waals surface area contributed by atoms with E-state index in [4.69, 9.17) is 9.47 Å². The lowest BCUT2D eigenvalue weighted by molar-refractivity contribution is 0.00137. The summed E-state index contributed by atoms with van der Waals surface area (Å²) in [5, 5.41) is 14.2. The molecule has 2 N–H and O–H groups in total. The van der Waals surface area contributed by atoms with Crippen molar-refractivity contribution in [1.82, 2.24) is 10.2 Å². The molecule has 1 amide bonds. The molecule has 2 fully saturated rings.